The molecule has 1 aliphatic rings. The van der Waals surface area contributed by atoms with E-state index in [1.807, 2.05) is 4.57 Å². The third kappa shape index (κ3) is 2.05. The van der Waals surface area contributed by atoms with Crippen molar-refractivity contribution in [2.75, 3.05) is 6.54 Å². The van der Waals surface area contributed by atoms with Crippen LogP contribution in [0.3, 0.4) is 0 Å². The Morgan fingerprint density at radius 2 is 2.21 bits per heavy atom. The van der Waals surface area contributed by atoms with Crippen LogP contribution in [0.4, 0.5) is 0 Å². The normalized spacial score (nSPS) is 16.5. The predicted molar refractivity (Wildman–Crippen MR) is 62.2 cm³/mol. The molecule has 0 bridgehead atoms. The number of hydrogen-bond donors (Lipinski definition) is 1. The molecule has 0 unspecified atom stereocenters. The maximum absolute atomic E-state index is 12.3. The van der Waals surface area contributed by atoms with Gasteiger partial charge < -0.3 is 14.1 Å². The van der Waals surface area contributed by atoms with Gasteiger partial charge >= 0.3 is 0 Å². The first kappa shape index (κ1) is 12.3. The SMILES string of the molecule is O=S(=O)(c1ccc(CO)o1)N1CCn2cnnc2C1. The van der Waals surface area contributed by atoms with Crippen LogP contribution in [0.25, 0.3) is 0 Å². The van der Waals surface area contributed by atoms with E-state index < -0.39 is 10.0 Å². The molecule has 9 heteroatoms. The van der Waals surface area contributed by atoms with Gasteiger partial charge in [0.05, 0.1) is 6.54 Å². The number of aromatic nitrogens is 3. The summed E-state index contributed by atoms with van der Waals surface area (Å²) in [6, 6.07) is 2.79. The van der Waals surface area contributed by atoms with E-state index >= 15 is 0 Å². The Kier molecular flexibility index (Phi) is 2.88. The summed E-state index contributed by atoms with van der Waals surface area (Å²) in [7, 11) is -3.70. The van der Waals surface area contributed by atoms with Crippen molar-refractivity contribution in [3.8, 4) is 0 Å². The zero-order chi connectivity index (χ0) is 13.5. The highest BCUT2D eigenvalue weighted by Crippen LogP contribution is 2.22. The molecule has 0 saturated heterocycles. The van der Waals surface area contributed by atoms with Gasteiger partial charge in [0.25, 0.3) is 10.0 Å². The first-order chi connectivity index (χ1) is 9.11. The summed E-state index contributed by atoms with van der Waals surface area (Å²) in [4.78, 5) is 0. The molecule has 1 N–H and O–H groups in total. The van der Waals surface area contributed by atoms with E-state index in [0.717, 1.165) is 0 Å². The molecule has 1 aliphatic heterocycles. The summed E-state index contributed by atoms with van der Waals surface area (Å²) in [5.41, 5.74) is 0. The Morgan fingerprint density at radius 1 is 1.37 bits per heavy atom. The van der Waals surface area contributed by atoms with Crippen LogP contribution >= 0.6 is 0 Å². The van der Waals surface area contributed by atoms with Crippen LogP contribution in [0.2, 0.25) is 0 Å². The van der Waals surface area contributed by atoms with Crippen LogP contribution in [-0.2, 0) is 29.7 Å². The third-order valence-electron chi connectivity index (χ3n) is 2.99. The Bertz CT molecular complexity index is 690. The lowest BCUT2D eigenvalue weighted by atomic mass is 10.4. The molecule has 3 heterocycles. The van der Waals surface area contributed by atoms with Crippen molar-refractivity contribution in [1.82, 2.24) is 19.1 Å². The van der Waals surface area contributed by atoms with Crippen molar-refractivity contribution in [3.05, 3.63) is 30.0 Å². The van der Waals surface area contributed by atoms with Crippen LogP contribution in [0, 0.1) is 0 Å². The average Bonchev–Trinajstić information content (AvgIpc) is 3.06. The van der Waals surface area contributed by atoms with Crippen LogP contribution < -0.4 is 0 Å². The maximum atomic E-state index is 12.3. The van der Waals surface area contributed by atoms with E-state index in [0.29, 0.717) is 18.9 Å². The van der Waals surface area contributed by atoms with E-state index in [4.69, 9.17) is 9.52 Å². The standard InChI is InChI=1S/C10H12N4O4S/c15-6-8-1-2-10(18-8)19(16,17)14-4-3-13-7-11-12-9(13)5-14/h1-2,7,15H,3-6H2. The molecule has 0 fully saturated rings. The minimum atomic E-state index is -3.70. The lowest BCUT2D eigenvalue weighted by molar-refractivity contribution is 0.234. The number of sulfonamides is 1. The van der Waals surface area contributed by atoms with Crippen molar-refractivity contribution < 1.29 is 17.9 Å². The highest BCUT2D eigenvalue weighted by Gasteiger charge is 2.31. The minimum absolute atomic E-state index is 0.162. The van der Waals surface area contributed by atoms with Gasteiger partial charge in [-0.15, -0.1) is 10.2 Å². The van der Waals surface area contributed by atoms with Gasteiger partial charge in [-0.25, -0.2) is 8.42 Å². The summed E-state index contributed by atoms with van der Waals surface area (Å²) >= 11 is 0. The molecule has 102 valence electrons. The van der Waals surface area contributed by atoms with Crippen LogP contribution in [-0.4, -0.2) is 39.1 Å². The van der Waals surface area contributed by atoms with Crippen molar-refractivity contribution in [2.45, 2.75) is 24.8 Å². The maximum Gasteiger partial charge on any atom is 0.276 e. The summed E-state index contributed by atoms with van der Waals surface area (Å²) < 4.78 is 32.9. The lowest BCUT2D eigenvalue weighted by Crippen LogP contribution is -2.38. The zero-order valence-corrected chi connectivity index (χ0v) is 10.7. The van der Waals surface area contributed by atoms with Gasteiger partial charge in [-0.2, -0.15) is 4.31 Å². The molecule has 8 nitrogen and oxygen atoms in total. The molecule has 3 rings (SSSR count). The van der Waals surface area contributed by atoms with Crippen LogP contribution in [0.5, 0.6) is 0 Å². The lowest BCUT2D eigenvalue weighted by Gasteiger charge is -2.25. The highest BCUT2D eigenvalue weighted by atomic mass is 32.2. The summed E-state index contributed by atoms with van der Waals surface area (Å²) in [6.45, 7) is 0.680. The fourth-order valence-corrected chi connectivity index (χ4v) is 3.27. The third-order valence-corrected chi connectivity index (χ3v) is 4.71. The highest BCUT2D eigenvalue weighted by molar-refractivity contribution is 7.89. The molecule has 0 aromatic carbocycles. The predicted octanol–water partition coefficient (Wildman–Crippen LogP) is -0.432. The summed E-state index contributed by atoms with van der Waals surface area (Å²) in [6.07, 6.45) is 1.58. The number of aliphatic hydroxyl groups excluding tert-OH is 1. The number of furan rings is 1. The molecule has 0 saturated carbocycles. The van der Waals surface area contributed by atoms with Gasteiger partial charge in [-0.05, 0) is 12.1 Å². The molecule has 2 aromatic rings. The summed E-state index contributed by atoms with van der Waals surface area (Å²) in [5.74, 6) is 0.822. The van der Waals surface area contributed by atoms with E-state index in [1.165, 1.54) is 16.4 Å². The molecule has 2 aromatic heterocycles. The second kappa shape index (κ2) is 4.44. The Labute approximate surface area is 109 Å². The number of nitrogens with zero attached hydrogens (tertiary/aromatic N) is 4. The first-order valence-electron chi connectivity index (χ1n) is 5.67. The number of rotatable bonds is 3. The molecular formula is C10H12N4O4S. The fourth-order valence-electron chi connectivity index (χ4n) is 1.96. The van der Waals surface area contributed by atoms with Crippen LogP contribution in [0.1, 0.15) is 11.6 Å². The number of hydrogen-bond acceptors (Lipinski definition) is 6. The quantitative estimate of drug-likeness (QED) is 0.820. The van der Waals surface area contributed by atoms with E-state index in [2.05, 4.69) is 10.2 Å². The summed E-state index contributed by atoms with van der Waals surface area (Å²) in [5, 5.41) is 16.4. The van der Waals surface area contributed by atoms with Crippen molar-refractivity contribution in [1.29, 1.82) is 0 Å². The molecule has 0 spiro atoms. The van der Waals surface area contributed by atoms with Gasteiger partial charge in [-0.1, -0.05) is 0 Å². The second-order valence-corrected chi connectivity index (χ2v) is 6.03. The topological polar surface area (TPSA) is 101 Å². The van der Waals surface area contributed by atoms with E-state index in [-0.39, 0.29) is 24.0 Å². The zero-order valence-electron chi connectivity index (χ0n) is 9.93. The molecule has 0 radical (unpaired) electrons. The van der Waals surface area contributed by atoms with Crippen molar-refractivity contribution in [3.63, 3.8) is 0 Å². The second-order valence-electron chi connectivity index (χ2n) is 4.16. The van der Waals surface area contributed by atoms with Crippen molar-refractivity contribution >= 4 is 10.0 Å². The Morgan fingerprint density at radius 3 is 2.95 bits per heavy atom. The monoisotopic (exact) mass is 284 g/mol. The molecule has 0 atom stereocenters. The molecule has 0 aliphatic carbocycles. The van der Waals surface area contributed by atoms with Crippen molar-refractivity contribution in [2.24, 2.45) is 0 Å². The van der Waals surface area contributed by atoms with Gasteiger partial charge in [0.2, 0.25) is 5.09 Å². The molecule has 0 amide bonds. The molecule has 19 heavy (non-hydrogen) atoms. The van der Waals surface area contributed by atoms with E-state index in [9.17, 15) is 8.42 Å². The Hall–Kier alpha value is -1.71. The first-order valence-corrected chi connectivity index (χ1v) is 7.11. The minimum Gasteiger partial charge on any atom is -0.446 e. The van der Waals surface area contributed by atoms with E-state index in [1.54, 1.807) is 6.33 Å². The van der Waals surface area contributed by atoms with Crippen LogP contribution in [0.15, 0.2) is 28.0 Å². The largest absolute Gasteiger partial charge is 0.446 e. The average molecular weight is 284 g/mol. The van der Waals surface area contributed by atoms with Gasteiger partial charge in [0, 0.05) is 13.1 Å². The fraction of sp³-hybridized carbons (Fsp3) is 0.400. The number of aliphatic hydroxyl groups is 1. The van der Waals surface area contributed by atoms with Gasteiger partial charge in [0.1, 0.15) is 24.5 Å². The molecular weight excluding hydrogens is 272 g/mol. The smallest absolute Gasteiger partial charge is 0.276 e. The Balaban J connectivity index is 1.89. The van der Waals surface area contributed by atoms with Gasteiger partial charge in [-0.3, -0.25) is 0 Å². The number of fused-ring (bicyclic) bond motifs is 1. The van der Waals surface area contributed by atoms with Gasteiger partial charge in [0.15, 0.2) is 0 Å².